The number of ether oxygens (including phenoxy) is 2. The molecule has 5 heteroatoms. The zero-order chi connectivity index (χ0) is 12.4. The fraction of sp³-hybridized carbons (Fsp3) is 0.909. The van der Waals surface area contributed by atoms with Crippen LogP contribution in [0.3, 0.4) is 0 Å². The lowest BCUT2D eigenvalue weighted by atomic mass is 10.4. The Morgan fingerprint density at radius 1 is 1.38 bits per heavy atom. The van der Waals surface area contributed by atoms with Crippen molar-refractivity contribution in [2.24, 2.45) is 0 Å². The second kappa shape index (κ2) is 9.57. The van der Waals surface area contributed by atoms with Crippen molar-refractivity contribution in [1.82, 2.24) is 10.2 Å². The molecule has 0 aliphatic rings. The molecule has 1 amide bonds. The number of carbonyl (C=O) groups excluding carboxylic acids is 1. The van der Waals surface area contributed by atoms with Crippen LogP contribution in [0.4, 0.5) is 0 Å². The molecule has 0 fully saturated rings. The number of hydrogen-bond acceptors (Lipinski definition) is 4. The van der Waals surface area contributed by atoms with Crippen molar-refractivity contribution in [3.8, 4) is 0 Å². The van der Waals surface area contributed by atoms with Crippen LogP contribution in [0, 0.1) is 0 Å². The van der Waals surface area contributed by atoms with Crippen LogP contribution in [-0.4, -0.2) is 63.9 Å². The Morgan fingerprint density at radius 2 is 2.06 bits per heavy atom. The average molecular weight is 232 g/mol. The number of carbonyl (C=O) groups is 1. The van der Waals surface area contributed by atoms with E-state index in [9.17, 15) is 4.79 Å². The van der Waals surface area contributed by atoms with Crippen molar-refractivity contribution >= 4 is 5.91 Å². The van der Waals surface area contributed by atoms with E-state index in [2.05, 4.69) is 5.32 Å². The third-order valence-corrected chi connectivity index (χ3v) is 2.06. The summed E-state index contributed by atoms with van der Waals surface area (Å²) < 4.78 is 10.2. The lowest BCUT2D eigenvalue weighted by molar-refractivity contribution is -0.129. The molecule has 96 valence electrons. The highest BCUT2D eigenvalue weighted by Gasteiger charge is 2.07. The van der Waals surface area contributed by atoms with Gasteiger partial charge in [0.25, 0.3) is 0 Å². The summed E-state index contributed by atoms with van der Waals surface area (Å²) in [5.74, 6) is 0.0726. The predicted molar refractivity (Wildman–Crippen MR) is 63.5 cm³/mol. The van der Waals surface area contributed by atoms with E-state index in [4.69, 9.17) is 9.47 Å². The second-order valence-corrected chi connectivity index (χ2v) is 3.90. The van der Waals surface area contributed by atoms with Gasteiger partial charge < -0.3 is 19.7 Å². The minimum Gasteiger partial charge on any atom is -0.383 e. The van der Waals surface area contributed by atoms with Crippen molar-refractivity contribution in [3.63, 3.8) is 0 Å². The first-order valence-corrected chi connectivity index (χ1v) is 5.63. The topological polar surface area (TPSA) is 50.8 Å². The Hall–Kier alpha value is -0.650. The summed E-state index contributed by atoms with van der Waals surface area (Å²) in [6.07, 6.45) is 0.211. The molecular formula is C11H24N2O3. The molecule has 0 heterocycles. The van der Waals surface area contributed by atoms with Crippen LogP contribution >= 0.6 is 0 Å². The number of methoxy groups -OCH3 is 1. The molecule has 0 radical (unpaired) electrons. The summed E-state index contributed by atoms with van der Waals surface area (Å²) in [6, 6.07) is 0. The van der Waals surface area contributed by atoms with Gasteiger partial charge >= 0.3 is 0 Å². The molecule has 0 rings (SSSR count). The SMILES string of the molecule is COCCNCC(=O)N(C)CCOC(C)C. The summed E-state index contributed by atoms with van der Waals surface area (Å²) in [7, 11) is 3.42. The Labute approximate surface area is 98.1 Å². The Bertz CT molecular complexity index is 186. The summed E-state index contributed by atoms with van der Waals surface area (Å²) >= 11 is 0. The molecule has 0 bridgehead atoms. The molecule has 0 spiro atoms. The zero-order valence-electron chi connectivity index (χ0n) is 10.8. The first kappa shape index (κ1) is 15.3. The van der Waals surface area contributed by atoms with Gasteiger partial charge in [-0.05, 0) is 13.8 Å². The lowest BCUT2D eigenvalue weighted by Gasteiger charge is -2.18. The molecule has 0 unspecified atom stereocenters. The highest BCUT2D eigenvalue weighted by molar-refractivity contribution is 5.77. The van der Waals surface area contributed by atoms with E-state index >= 15 is 0 Å². The largest absolute Gasteiger partial charge is 0.383 e. The first-order valence-electron chi connectivity index (χ1n) is 5.63. The maximum absolute atomic E-state index is 11.5. The van der Waals surface area contributed by atoms with E-state index in [0.29, 0.717) is 32.8 Å². The normalized spacial score (nSPS) is 10.8. The van der Waals surface area contributed by atoms with Crippen LogP contribution in [0.15, 0.2) is 0 Å². The maximum atomic E-state index is 11.5. The molecule has 16 heavy (non-hydrogen) atoms. The molecule has 0 saturated heterocycles. The Balaban J connectivity index is 3.49. The second-order valence-electron chi connectivity index (χ2n) is 3.90. The molecular weight excluding hydrogens is 208 g/mol. The van der Waals surface area contributed by atoms with Crippen molar-refractivity contribution < 1.29 is 14.3 Å². The van der Waals surface area contributed by atoms with Crippen LogP contribution in [0.25, 0.3) is 0 Å². The van der Waals surface area contributed by atoms with Crippen LogP contribution in [0.2, 0.25) is 0 Å². The summed E-state index contributed by atoms with van der Waals surface area (Å²) in [4.78, 5) is 13.2. The van der Waals surface area contributed by atoms with Crippen molar-refractivity contribution in [3.05, 3.63) is 0 Å². The zero-order valence-corrected chi connectivity index (χ0v) is 10.8. The highest BCUT2D eigenvalue weighted by Crippen LogP contribution is 1.89. The highest BCUT2D eigenvalue weighted by atomic mass is 16.5. The Morgan fingerprint density at radius 3 is 2.62 bits per heavy atom. The monoisotopic (exact) mass is 232 g/mol. The molecule has 0 aromatic rings. The summed E-state index contributed by atoms with van der Waals surface area (Å²) in [5.41, 5.74) is 0. The van der Waals surface area contributed by atoms with Gasteiger partial charge in [-0.15, -0.1) is 0 Å². The molecule has 0 aliphatic heterocycles. The van der Waals surface area contributed by atoms with Gasteiger partial charge in [0.1, 0.15) is 0 Å². The van der Waals surface area contributed by atoms with Crippen molar-refractivity contribution in [2.45, 2.75) is 20.0 Å². The van der Waals surface area contributed by atoms with Crippen molar-refractivity contribution in [2.75, 3.05) is 47.0 Å². The van der Waals surface area contributed by atoms with Gasteiger partial charge in [-0.25, -0.2) is 0 Å². The van der Waals surface area contributed by atoms with E-state index in [1.54, 1.807) is 19.1 Å². The minimum absolute atomic E-state index is 0.0726. The number of likely N-dealkylation sites (N-methyl/N-ethyl adjacent to an activating group) is 1. The van der Waals surface area contributed by atoms with Gasteiger partial charge in [0.05, 0.1) is 25.9 Å². The van der Waals surface area contributed by atoms with E-state index in [1.165, 1.54) is 0 Å². The van der Waals surface area contributed by atoms with Crippen LogP contribution in [0.5, 0.6) is 0 Å². The van der Waals surface area contributed by atoms with Crippen LogP contribution in [-0.2, 0) is 14.3 Å². The lowest BCUT2D eigenvalue weighted by Crippen LogP contribution is -2.38. The first-order chi connectivity index (χ1) is 7.57. The molecule has 0 atom stereocenters. The number of rotatable bonds is 9. The third-order valence-electron chi connectivity index (χ3n) is 2.06. The minimum atomic E-state index is 0.0726. The van der Waals surface area contributed by atoms with Crippen LogP contribution < -0.4 is 5.32 Å². The number of nitrogens with zero attached hydrogens (tertiary/aromatic N) is 1. The molecule has 0 aromatic heterocycles. The van der Waals surface area contributed by atoms with Gasteiger partial charge in [0.2, 0.25) is 5.91 Å². The third kappa shape index (κ3) is 8.64. The maximum Gasteiger partial charge on any atom is 0.236 e. The number of nitrogens with one attached hydrogen (secondary N) is 1. The van der Waals surface area contributed by atoms with Crippen LogP contribution in [0.1, 0.15) is 13.8 Å². The molecule has 1 N–H and O–H groups in total. The number of amides is 1. The van der Waals surface area contributed by atoms with Gasteiger partial charge in [-0.3, -0.25) is 4.79 Å². The molecule has 5 nitrogen and oxygen atoms in total. The summed E-state index contributed by atoms with van der Waals surface area (Å²) in [6.45, 7) is 6.83. The standard InChI is InChI=1S/C11H24N2O3/c1-10(2)16-8-6-13(3)11(14)9-12-5-7-15-4/h10,12H,5-9H2,1-4H3. The summed E-state index contributed by atoms with van der Waals surface area (Å²) in [5, 5.41) is 3.01. The van der Waals surface area contributed by atoms with E-state index in [-0.39, 0.29) is 12.0 Å². The van der Waals surface area contributed by atoms with Gasteiger partial charge in [-0.1, -0.05) is 0 Å². The Kier molecular flexibility index (Phi) is 9.18. The fourth-order valence-corrected chi connectivity index (χ4v) is 1.05. The average Bonchev–Trinajstić information content (AvgIpc) is 2.23. The number of hydrogen-bond donors (Lipinski definition) is 1. The van der Waals surface area contributed by atoms with E-state index in [1.807, 2.05) is 13.8 Å². The quantitative estimate of drug-likeness (QED) is 0.573. The predicted octanol–water partition coefficient (Wildman–Crippen LogP) is 0.106. The molecule has 0 aliphatic carbocycles. The van der Waals surface area contributed by atoms with Crippen molar-refractivity contribution in [1.29, 1.82) is 0 Å². The van der Waals surface area contributed by atoms with Gasteiger partial charge in [0.15, 0.2) is 0 Å². The van der Waals surface area contributed by atoms with E-state index in [0.717, 1.165) is 0 Å². The van der Waals surface area contributed by atoms with Gasteiger partial charge in [0, 0.05) is 27.2 Å². The molecule has 0 saturated carbocycles. The van der Waals surface area contributed by atoms with E-state index < -0.39 is 0 Å². The molecule has 0 aromatic carbocycles. The smallest absolute Gasteiger partial charge is 0.236 e. The van der Waals surface area contributed by atoms with Gasteiger partial charge in [-0.2, -0.15) is 0 Å². The fourth-order valence-electron chi connectivity index (χ4n) is 1.05.